The molecule has 2 aromatic rings. The maximum absolute atomic E-state index is 13.4. The lowest BCUT2D eigenvalue weighted by atomic mass is 10.0. The van der Waals surface area contributed by atoms with Gasteiger partial charge in [0.2, 0.25) is 0 Å². The molecule has 2 aromatic carbocycles. The fourth-order valence-corrected chi connectivity index (χ4v) is 1.74. The smallest absolute Gasteiger partial charge is 0.289 e. The molecule has 21 heavy (non-hydrogen) atoms. The second kappa shape index (κ2) is 7.36. The fraction of sp³-hybridized carbons (Fsp3) is 0.200. The molecule has 0 radical (unpaired) electrons. The molecule has 0 spiro atoms. The number of rotatable bonds is 5. The Morgan fingerprint density at radius 3 is 2.29 bits per heavy atom. The minimum absolute atomic E-state index is 0. The molecule has 0 aliphatic carbocycles. The van der Waals surface area contributed by atoms with Gasteiger partial charge < -0.3 is 15.6 Å². The van der Waals surface area contributed by atoms with Crippen LogP contribution < -0.4 is 10.5 Å². The molecular weight excluding hydrogens is 300 g/mol. The van der Waals surface area contributed by atoms with Gasteiger partial charge in [0.15, 0.2) is 0 Å². The minimum Gasteiger partial charge on any atom is -0.457 e. The summed E-state index contributed by atoms with van der Waals surface area (Å²) in [5.41, 5.74) is 5.69. The fourth-order valence-electron chi connectivity index (χ4n) is 1.74. The highest BCUT2D eigenvalue weighted by molar-refractivity contribution is 5.85. The van der Waals surface area contributed by atoms with Crippen molar-refractivity contribution >= 4 is 12.4 Å². The van der Waals surface area contributed by atoms with Crippen molar-refractivity contribution in [2.24, 2.45) is 5.73 Å². The summed E-state index contributed by atoms with van der Waals surface area (Å²) in [5.74, 6) is -2.35. The molecule has 0 aliphatic heterocycles. The Balaban J connectivity index is 0.00000220. The van der Waals surface area contributed by atoms with E-state index in [1.807, 2.05) is 18.2 Å². The van der Waals surface area contributed by atoms with Crippen molar-refractivity contribution in [3.05, 3.63) is 60.2 Å². The van der Waals surface area contributed by atoms with Gasteiger partial charge in [0, 0.05) is 0 Å². The van der Waals surface area contributed by atoms with Crippen molar-refractivity contribution in [2.75, 3.05) is 6.61 Å². The molecule has 114 valence electrons. The highest BCUT2D eigenvalue weighted by Gasteiger charge is 2.37. The van der Waals surface area contributed by atoms with Gasteiger partial charge in [-0.3, -0.25) is 0 Å². The van der Waals surface area contributed by atoms with Gasteiger partial charge in [0.25, 0.3) is 5.92 Å². The van der Waals surface area contributed by atoms with Crippen molar-refractivity contribution in [1.82, 2.24) is 0 Å². The molecule has 0 heterocycles. The van der Waals surface area contributed by atoms with Crippen LogP contribution in [0.15, 0.2) is 54.6 Å². The highest BCUT2D eigenvalue weighted by Crippen LogP contribution is 2.31. The quantitative estimate of drug-likeness (QED) is 0.887. The first-order chi connectivity index (χ1) is 9.53. The average Bonchev–Trinajstić information content (AvgIpc) is 2.48. The summed E-state index contributed by atoms with van der Waals surface area (Å²) in [6.07, 6.45) is 0. The second-order valence-electron chi connectivity index (χ2n) is 4.38. The third-order valence-electron chi connectivity index (χ3n) is 2.86. The normalized spacial score (nSPS) is 12.4. The third kappa shape index (κ3) is 4.39. The van der Waals surface area contributed by atoms with Gasteiger partial charge in [-0.25, -0.2) is 8.78 Å². The lowest BCUT2D eigenvalue weighted by Crippen LogP contribution is -2.36. The van der Waals surface area contributed by atoms with E-state index < -0.39 is 18.6 Å². The number of aliphatic hydroxyl groups excluding tert-OH is 1. The molecule has 0 fully saturated rings. The van der Waals surface area contributed by atoms with E-state index in [1.165, 1.54) is 12.1 Å². The zero-order valence-electron chi connectivity index (χ0n) is 11.1. The Hall–Kier alpha value is -1.69. The SMILES string of the molecule is Cl.N[C@H](c1cccc(Oc2ccccc2)c1)C(F)(F)CO. The molecule has 0 bridgehead atoms. The van der Waals surface area contributed by atoms with Crippen LogP contribution in [0.4, 0.5) is 8.78 Å². The van der Waals surface area contributed by atoms with Gasteiger partial charge in [-0.2, -0.15) is 0 Å². The van der Waals surface area contributed by atoms with Crippen molar-refractivity contribution < 1.29 is 18.6 Å². The Kier molecular flexibility index (Phi) is 6.08. The first-order valence-electron chi connectivity index (χ1n) is 6.10. The Morgan fingerprint density at radius 1 is 1.05 bits per heavy atom. The average molecular weight is 316 g/mol. The van der Waals surface area contributed by atoms with E-state index in [0.29, 0.717) is 11.5 Å². The summed E-state index contributed by atoms with van der Waals surface area (Å²) in [6.45, 7) is -1.29. The number of aliphatic hydroxyl groups is 1. The molecular formula is C15H16ClF2NO2. The standard InChI is InChI=1S/C15H15F2NO2.ClH/c16-15(17,10-19)14(18)11-5-4-8-13(9-11)20-12-6-2-1-3-7-12;/h1-9,14,19H,10,18H2;1H/t14-;/m1./s1. The number of ether oxygens (including phenoxy) is 1. The maximum atomic E-state index is 13.4. The van der Waals surface area contributed by atoms with E-state index in [2.05, 4.69) is 0 Å². The number of para-hydroxylation sites is 1. The molecule has 3 N–H and O–H groups in total. The minimum atomic E-state index is -3.37. The predicted molar refractivity (Wildman–Crippen MR) is 79.2 cm³/mol. The molecule has 0 unspecified atom stereocenters. The van der Waals surface area contributed by atoms with E-state index in [0.717, 1.165) is 0 Å². The van der Waals surface area contributed by atoms with E-state index in [-0.39, 0.29) is 18.0 Å². The number of alkyl halides is 2. The number of hydrogen-bond acceptors (Lipinski definition) is 3. The summed E-state index contributed by atoms with van der Waals surface area (Å²) in [5, 5.41) is 8.67. The summed E-state index contributed by atoms with van der Waals surface area (Å²) in [6, 6.07) is 13.6. The lowest BCUT2D eigenvalue weighted by molar-refractivity contribution is -0.0712. The van der Waals surface area contributed by atoms with Crippen molar-refractivity contribution in [1.29, 1.82) is 0 Å². The van der Waals surface area contributed by atoms with Gasteiger partial charge in [0.1, 0.15) is 18.1 Å². The van der Waals surface area contributed by atoms with Crippen LogP contribution in [0, 0.1) is 0 Å². The van der Waals surface area contributed by atoms with E-state index in [9.17, 15) is 8.78 Å². The largest absolute Gasteiger partial charge is 0.457 e. The van der Waals surface area contributed by atoms with Gasteiger partial charge in [-0.1, -0.05) is 30.3 Å². The van der Waals surface area contributed by atoms with Crippen LogP contribution in [0.2, 0.25) is 0 Å². The number of hydrogen-bond donors (Lipinski definition) is 2. The first kappa shape index (κ1) is 17.4. The van der Waals surface area contributed by atoms with Crippen LogP contribution in [-0.4, -0.2) is 17.6 Å². The number of halogens is 3. The Bertz CT molecular complexity index is 567. The van der Waals surface area contributed by atoms with E-state index in [4.69, 9.17) is 15.6 Å². The molecule has 1 atom stereocenters. The first-order valence-corrected chi connectivity index (χ1v) is 6.10. The molecule has 2 rings (SSSR count). The highest BCUT2D eigenvalue weighted by atomic mass is 35.5. The molecule has 0 amide bonds. The predicted octanol–water partition coefficient (Wildman–Crippen LogP) is 3.53. The number of benzene rings is 2. The van der Waals surface area contributed by atoms with Crippen molar-refractivity contribution in [3.63, 3.8) is 0 Å². The topological polar surface area (TPSA) is 55.5 Å². The van der Waals surface area contributed by atoms with Crippen molar-refractivity contribution in [3.8, 4) is 11.5 Å². The zero-order chi connectivity index (χ0) is 14.6. The maximum Gasteiger partial charge on any atom is 0.289 e. The molecule has 0 aliphatic rings. The summed E-state index contributed by atoms with van der Waals surface area (Å²) >= 11 is 0. The molecule has 6 heteroatoms. The van der Waals surface area contributed by atoms with Gasteiger partial charge >= 0.3 is 0 Å². The van der Waals surface area contributed by atoms with Crippen LogP contribution >= 0.6 is 12.4 Å². The summed E-state index contributed by atoms with van der Waals surface area (Å²) in [4.78, 5) is 0. The van der Waals surface area contributed by atoms with Crippen LogP contribution in [0.25, 0.3) is 0 Å². The summed E-state index contributed by atoms with van der Waals surface area (Å²) in [7, 11) is 0. The third-order valence-corrected chi connectivity index (χ3v) is 2.86. The van der Waals surface area contributed by atoms with Crippen LogP contribution in [-0.2, 0) is 0 Å². The zero-order valence-corrected chi connectivity index (χ0v) is 11.9. The lowest BCUT2D eigenvalue weighted by Gasteiger charge is -2.22. The Morgan fingerprint density at radius 2 is 1.67 bits per heavy atom. The van der Waals surface area contributed by atoms with Gasteiger partial charge in [-0.15, -0.1) is 12.4 Å². The molecule has 3 nitrogen and oxygen atoms in total. The van der Waals surface area contributed by atoms with Crippen LogP contribution in [0.1, 0.15) is 11.6 Å². The number of nitrogens with two attached hydrogens (primary N) is 1. The van der Waals surface area contributed by atoms with Crippen LogP contribution in [0.3, 0.4) is 0 Å². The summed E-state index contributed by atoms with van der Waals surface area (Å²) < 4.78 is 32.3. The molecule has 0 aromatic heterocycles. The second-order valence-corrected chi connectivity index (χ2v) is 4.38. The Labute approximate surface area is 127 Å². The monoisotopic (exact) mass is 315 g/mol. The van der Waals surface area contributed by atoms with Crippen molar-refractivity contribution in [2.45, 2.75) is 12.0 Å². The molecule has 0 saturated heterocycles. The van der Waals surface area contributed by atoms with Crippen LogP contribution in [0.5, 0.6) is 11.5 Å². The van der Waals surface area contributed by atoms with Gasteiger partial charge in [-0.05, 0) is 29.8 Å². The van der Waals surface area contributed by atoms with E-state index >= 15 is 0 Å². The van der Waals surface area contributed by atoms with E-state index in [1.54, 1.807) is 24.3 Å². The molecule has 0 saturated carbocycles. The van der Waals surface area contributed by atoms with Gasteiger partial charge in [0.05, 0.1) is 6.04 Å².